The highest BCUT2D eigenvalue weighted by Crippen LogP contribution is 2.17. The van der Waals surface area contributed by atoms with Gasteiger partial charge in [0, 0.05) is 6.54 Å². The van der Waals surface area contributed by atoms with Crippen LogP contribution in [0.25, 0.3) is 0 Å². The fourth-order valence-corrected chi connectivity index (χ4v) is 1.27. The molecule has 0 saturated carbocycles. The van der Waals surface area contributed by atoms with E-state index < -0.39 is 0 Å². The first-order valence-electron chi connectivity index (χ1n) is 4.93. The number of halogens is 1. The number of benzene rings is 1. The Labute approximate surface area is 88.9 Å². The number of aliphatic hydroxyl groups is 1. The van der Waals surface area contributed by atoms with E-state index in [1.54, 1.807) is 6.07 Å². The number of ether oxygens (including phenoxy) is 1. The molecule has 0 unspecified atom stereocenters. The second-order valence-electron chi connectivity index (χ2n) is 3.19. The Morgan fingerprint density at radius 1 is 1.40 bits per heavy atom. The van der Waals surface area contributed by atoms with Crippen LogP contribution in [0.2, 0.25) is 0 Å². The molecule has 4 heteroatoms. The van der Waals surface area contributed by atoms with Gasteiger partial charge in [-0.15, -0.1) is 0 Å². The Morgan fingerprint density at radius 3 is 2.87 bits per heavy atom. The van der Waals surface area contributed by atoms with Gasteiger partial charge >= 0.3 is 0 Å². The molecule has 84 valence electrons. The van der Waals surface area contributed by atoms with Crippen molar-refractivity contribution in [1.82, 2.24) is 0 Å². The van der Waals surface area contributed by atoms with Crippen LogP contribution in [-0.2, 0) is 4.74 Å². The summed E-state index contributed by atoms with van der Waals surface area (Å²) in [6.07, 6.45) is 0. The van der Waals surface area contributed by atoms with Crippen molar-refractivity contribution in [1.29, 1.82) is 0 Å². The zero-order chi connectivity index (χ0) is 11.1. The second kappa shape index (κ2) is 6.37. The van der Waals surface area contributed by atoms with E-state index in [1.807, 2.05) is 13.0 Å². The second-order valence-corrected chi connectivity index (χ2v) is 3.19. The van der Waals surface area contributed by atoms with E-state index in [9.17, 15) is 4.39 Å². The first-order chi connectivity index (χ1) is 7.25. The van der Waals surface area contributed by atoms with Gasteiger partial charge in [-0.25, -0.2) is 4.39 Å². The molecule has 0 aliphatic carbocycles. The van der Waals surface area contributed by atoms with Gasteiger partial charge in [0.15, 0.2) is 0 Å². The number of aliphatic hydroxyl groups excluding tert-OH is 1. The maximum absolute atomic E-state index is 13.3. The summed E-state index contributed by atoms with van der Waals surface area (Å²) < 4.78 is 18.3. The van der Waals surface area contributed by atoms with Gasteiger partial charge in [-0.05, 0) is 18.6 Å². The average Bonchev–Trinajstić information content (AvgIpc) is 2.21. The molecule has 0 amide bonds. The molecule has 0 aliphatic heterocycles. The molecular weight excluding hydrogens is 197 g/mol. The van der Waals surface area contributed by atoms with Crippen LogP contribution in [0.1, 0.15) is 5.56 Å². The summed E-state index contributed by atoms with van der Waals surface area (Å²) in [5, 5.41) is 11.4. The average molecular weight is 213 g/mol. The van der Waals surface area contributed by atoms with Crippen molar-refractivity contribution in [2.45, 2.75) is 6.92 Å². The lowest BCUT2D eigenvalue weighted by Crippen LogP contribution is -2.12. The van der Waals surface area contributed by atoms with Gasteiger partial charge in [0.25, 0.3) is 0 Å². The third kappa shape index (κ3) is 3.85. The molecule has 0 fully saturated rings. The van der Waals surface area contributed by atoms with Crippen LogP contribution in [0.4, 0.5) is 10.1 Å². The number of hydrogen-bond donors (Lipinski definition) is 2. The fourth-order valence-electron chi connectivity index (χ4n) is 1.27. The highest BCUT2D eigenvalue weighted by molar-refractivity contribution is 5.51. The number of aryl methyl sites for hydroxylation is 1. The minimum Gasteiger partial charge on any atom is -0.394 e. The lowest BCUT2D eigenvalue weighted by atomic mass is 10.2. The highest BCUT2D eigenvalue weighted by Gasteiger charge is 2.03. The Bertz CT molecular complexity index is 284. The molecule has 0 radical (unpaired) electrons. The van der Waals surface area contributed by atoms with Gasteiger partial charge in [0.05, 0.1) is 25.5 Å². The van der Waals surface area contributed by atoms with Crippen molar-refractivity contribution in [3.05, 3.63) is 29.6 Å². The maximum Gasteiger partial charge on any atom is 0.146 e. The van der Waals surface area contributed by atoms with Crippen molar-refractivity contribution in [3.63, 3.8) is 0 Å². The number of hydrogen-bond acceptors (Lipinski definition) is 3. The van der Waals surface area contributed by atoms with Crippen LogP contribution in [0.3, 0.4) is 0 Å². The zero-order valence-electron chi connectivity index (χ0n) is 8.79. The maximum atomic E-state index is 13.3. The molecule has 3 nitrogen and oxygen atoms in total. The molecule has 0 spiro atoms. The lowest BCUT2D eigenvalue weighted by Gasteiger charge is -2.10. The van der Waals surface area contributed by atoms with E-state index >= 15 is 0 Å². The minimum atomic E-state index is -0.253. The Kier molecular flexibility index (Phi) is 5.07. The van der Waals surface area contributed by atoms with Crippen LogP contribution in [0, 0.1) is 12.7 Å². The van der Waals surface area contributed by atoms with Crippen molar-refractivity contribution in [2.75, 3.05) is 31.7 Å². The third-order valence-corrected chi connectivity index (χ3v) is 2.01. The SMILES string of the molecule is Cc1cccc(F)c1NCCOCCO. The normalized spacial score (nSPS) is 10.3. The van der Waals surface area contributed by atoms with Gasteiger partial charge in [-0.1, -0.05) is 12.1 Å². The molecule has 0 atom stereocenters. The van der Waals surface area contributed by atoms with Crippen molar-refractivity contribution >= 4 is 5.69 Å². The summed E-state index contributed by atoms with van der Waals surface area (Å²) >= 11 is 0. The van der Waals surface area contributed by atoms with E-state index in [4.69, 9.17) is 9.84 Å². The largest absolute Gasteiger partial charge is 0.394 e. The molecule has 2 N–H and O–H groups in total. The minimum absolute atomic E-state index is 0.0126. The molecule has 0 bridgehead atoms. The van der Waals surface area contributed by atoms with Crippen molar-refractivity contribution < 1.29 is 14.2 Å². The molecule has 1 aromatic carbocycles. The first kappa shape index (κ1) is 11.9. The number of anilines is 1. The van der Waals surface area contributed by atoms with Crippen LogP contribution in [0.5, 0.6) is 0 Å². The monoisotopic (exact) mass is 213 g/mol. The first-order valence-corrected chi connectivity index (χ1v) is 4.93. The molecule has 0 heterocycles. The topological polar surface area (TPSA) is 41.5 Å². The van der Waals surface area contributed by atoms with E-state index in [0.717, 1.165) is 5.56 Å². The van der Waals surface area contributed by atoms with E-state index in [1.165, 1.54) is 6.07 Å². The summed E-state index contributed by atoms with van der Waals surface area (Å²) in [7, 11) is 0. The van der Waals surface area contributed by atoms with Crippen LogP contribution >= 0.6 is 0 Å². The Hall–Kier alpha value is -1.13. The smallest absolute Gasteiger partial charge is 0.146 e. The van der Waals surface area contributed by atoms with Crippen molar-refractivity contribution in [3.8, 4) is 0 Å². The van der Waals surface area contributed by atoms with Crippen LogP contribution in [-0.4, -0.2) is 31.5 Å². The molecule has 0 saturated heterocycles. The highest BCUT2D eigenvalue weighted by atomic mass is 19.1. The Balaban J connectivity index is 2.37. The number of rotatable bonds is 6. The third-order valence-electron chi connectivity index (χ3n) is 2.01. The molecular formula is C11H16FNO2. The molecule has 1 aromatic rings. The molecule has 15 heavy (non-hydrogen) atoms. The van der Waals surface area contributed by atoms with Gasteiger partial charge < -0.3 is 15.2 Å². The number of para-hydroxylation sites is 1. The summed E-state index contributed by atoms with van der Waals surface area (Å²) in [4.78, 5) is 0. The summed E-state index contributed by atoms with van der Waals surface area (Å²) in [5.41, 5.74) is 1.39. The van der Waals surface area contributed by atoms with Gasteiger partial charge in [-0.3, -0.25) is 0 Å². The quantitative estimate of drug-likeness (QED) is 0.704. The lowest BCUT2D eigenvalue weighted by molar-refractivity contribution is 0.0992. The summed E-state index contributed by atoms with van der Waals surface area (Å²) in [6.45, 7) is 3.16. The van der Waals surface area contributed by atoms with Gasteiger partial charge in [-0.2, -0.15) is 0 Å². The summed E-state index contributed by atoms with van der Waals surface area (Å²) in [6, 6.07) is 4.95. The van der Waals surface area contributed by atoms with Crippen molar-refractivity contribution in [2.24, 2.45) is 0 Å². The van der Waals surface area contributed by atoms with Crippen LogP contribution < -0.4 is 5.32 Å². The predicted molar refractivity (Wildman–Crippen MR) is 57.5 cm³/mol. The summed E-state index contributed by atoms with van der Waals surface area (Å²) in [5.74, 6) is -0.253. The van der Waals surface area contributed by atoms with E-state index in [2.05, 4.69) is 5.32 Å². The predicted octanol–water partition coefficient (Wildman–Crippen LogP) is 1.55. The van der Waals surface area contributed by atoms with Crippen LogP contribution in [0.15, 0.2) is 18.2 Å². The number of nitrogens with one attached hydrogen (secondary N) is 1. The molecule has 0 aliphatic rings. The van der Waals surface area contributed by atoms with Gasteiger partial charge in [0.2, 0.25) is 0 Å². The molecule has 1 rings (SSSR count). The fraction of sp³-hybridized carbons (Fsp3) is 0.455. The van der Waals surface area contributed by atoms with Gasteiger partial charge in [0.1, 0.15) is 5.82 Å². The van der Waals surface area contributed by atoms with E-state index in [-0.39, 0.29) is 12.4 Å². The standard InChI is InChI=1S/C11H16FNO2/c1-9-3-2-4-10(12)11(9)13-5-7-15-8-6-14/h2-4,13-14H,5-8H2,1H3. The van der Waals surface area contributed by atoms with E-state index in [0.29, 0.717) is 25.4 Å². The molecule has 0 aromatic heterocycles. The Morgan fingerprint density at radius 2 is 2.20 bits per heavy atom. The zero-order valence-corrected chi connectivity index (χ0v) is 8.79.